The molecule has 0 unspecified atom stereocenters. The van der Waals surface area contributed by atoms with Crippen molar-refractivity contribution in [3.05, 3.63) is 34.6 Å². The van der Waals surface area contributed by atoms with Crippen LogP contribution in [0.4, 0.5) is 5.82 Å². The molecule has 0 saturated carbocycles. The highest BCUT2D eigenvalue weighted by molar-refractivity contribution is 9.10. The van der Waals surface area contributed by atoms with Gasteiger partial charge < -0.3 is 5.32 Å². The van der Waals surface area contributed by atoms with Crippen molar-refractivity contribution in [3.63, 3.8) is 0 Å². The number of rotatable bonds is 5. The molecule has 0 spiro atoms. The highest BCUT2D eigenvalue weighted by atomic mass is 79.9. The van der Waals surface area contributed by atoms with Gasteiger partial charge in [0.05, 0.1) is 0 Å². The Kier molecular flexibility index (Phi) is 4.85. The van der Waals surface area contributed by atoms with Crippen LogP contribution in [0.15, 0.2) is 28.9 Å². The SMILES string of the molecule is CCCc1cc(NCC)nc(-c2ncccc2Br)n1. The van der Waals surface area contributed by atoms with Gasteiger partial charge in [-0.05, 0) is 41.4 Å². The number of hydrogen-bond donors (Lipinski definition) is 1. The Morgan fingerprint density at radius 3 is 2.79 bits per heavy atom. The molecule has 1 N–H and O–H groups in total. The molecule has 0 atom stereocenters. The molecule has 0 fully saturated rings. The molecule has 5 heteroatoms. The highest BCUT2D eigenvalue weighted by Gasteiger charge is 2.10. The number of pyridine rings is 1. The topological polar surface area (TPSA) is 50.7 Å². The van der Waals surface area contributed by atoms with Crippen molar-refractivity contribution < 1.29 is 0 Å². The maximum Gasteiger partial charge on any atom is 0.181 e. The van der Waals surface area contributed by atoms with Gasteiger partial charge in [0.2, 0.25) is 0 Å². The van der Waals surface area contributed by atoms with Gasteiger partial charge in [-0.25, -0.2) is 9.97 Å². The Morgan fingerprint density at radius 1 is 1.26 bits per heavy atom. The lowest BCUT2D eigenvalue weighted by atomic mass is 10.2. The summed E-state index contributed by atoms with van der Waals surface area (Å²) in [6.45, 7) is 5.04. The van der Waals surface area contributed by atoms with Gasteiger partial charge in [0, 0.05) is 29.0 Å². The lowest BCUT2D eigenvalue weighted by Gasteiger charge is -2.09. The van der Waals surface area contributed by atoms with E-state index in [9.17, 15) is 0 Å². The molecule has 2 aromatic heterocycles. The molecule has 0 saturated heterocycles. The fourth-order valence-corrected chi connectivity index (χ4v) is 2.24. The molecule has 4 nitrogen and oxygen atoms in total. The normalized spacial score (nSPS) is 10.5. The van der Waals surface area contributed by atoms with Crippen molar-refractivity contribution in [1.82, 2.24) is 15.0 Å². The number of hydrogen-bond acceptors (Lipinski definition) is 4. The van der Waals surface area contributed by atoms with Crippen LogP contribution in [0.1, 0.15) is 26.0 Å². The quantitative estimate of drug-likeness (QED) is 0.912. The number of aromatic nitrogens is 3. The summed E-state index contributed by atoms with van der Waals surface area (Å²) in [6.07, 6.45) is 3.76. The molecule has 2 aromatic rings. The smallest absolute Gasteiger partial charge is 0.181 e. The third-order valence-electron chi connectivity index (χ3n) is 2.61. The largest absolute Gasteiger partial charge is 0.370 e. The van der Waals surface area contributed by atoms with E-state index >= 15 is 0 Å². The summed E-state index contributed by atoms with van der Waals surface area (Å²) >= 11 is 3.50. The summed E-state index contributed by atoms with van der Waals surface area (Å²) in [5, 5.41) is 3.24. The van der Waals surface area contributed by atoms with E-state index in [0.717, 1.165) is 41.1 Å². The van der Waals surface area contributed by atoms with E-state index < -0.39 is 0 Å². The molecule has 0 bridgehead atoms. The van der Waals surface area contributed by atoms with Crippen LogP contribution in [-0.2, 0) is 6.42 Å². The van der Waals surface area contributed by atoms with E-state index in [1.54, 1.807) is 6.20 Å². The zero-order chi connectivity index (χ0) is 13.7. The molecule has 2 heterocycles. The molecule has 0 amide bonds. The van der Waals surface area contributed by atoms with Crippen molar-refractivity contribution in [1.29, 1.82) is 0 Å². The number of halogens is 1. The molecule has 100 valence electrons. The van der Waals surface area contributed by atoms with E-state index in [2.05, 4.69) is 50.0 Å². The summed E-state index contributed by atoms with van der Waals surface area (Å²) in [5.74, 6) is 1.52. The Morgan fingerprint density at radius 2 is 2.11 bits per heavy atom. The van der Waals surface area contributed by atoms with Crippen LogP contribution >= 0.6 is 15.9 Å². The average Bonchev–Trinajstić information content (AvgIpc) is 2.40. The van der Waals surface area contributed by atoms with Crippen LogP contribution < -0.4 is 5.32 Å². The van der Waals surface area contributed by atoms with Gasteiger partial charge in [0.25, 0.3) is 0 Å². The fourth-order valence-electron chi connectivity index (χ4n) is 1.81. The minimum absolute atomic E-state index is 0.661. The van der Waals surface area contributed by atoms with Crippen LogP contribution in [0, 0.1) is 0 Å². The molecule has 2 rings (SSSR count). The summed E-state index contributed by atoms with van der Waals surface area (Å²) < 4.78 is 0.908. The van der Waals surface area contributed by atoms with Gasteiger partial charge in [-0.1, -0.05) is 13.3 Å². The van der Waals surface area contributed by atoms with Crippen molar-refractivity contribution in [2.75, 3.05) is 11.9 Å². The summed E-state index contributed by atoms with van der Waals surface area (Å²) in [5.41, 5.74) is 1.82. The molecule has 0 aliphatic heterocycles. The second-order valence-corrected chi connectivity index (χ2v) is 5.04. The molecule has 0 aliphatic rings. The van der Waals surface area contributed by atoms with Gasteiger partial charge in [-0.3, -0.25) is 4.98 Å². The van der Waals surface area contributed by atoms with E-state index in [1.807, 2.05) is 18.2 Å². The predicted molar refractivity (Wildman–Crippen MR) is 81.1 cm³/mol. The standard InChI is InChI=1S/C14H17BrN4/c1-3-6-10-9-12(16-4-2)19-14(18-10)13-11(15)7-5-8-17-13/h5,7-9H,3-4,6H2,1-2H3,(H,16,18,19). The van der Waals surface area contributed by atoms with Crippen molar-refractivity contribution in [3.8, 4) is 11.5 Å². The summed E-state index contributed by atoms with van der Waals surface area (Å²) in [4.78, 5) is 13.5. The first-order valence-electron chi connectivity index (χ1n) is 6.47. The van der Waals surface area contributed by atoms with Gasteiger partial charge in [0.1, 0.15) is 11.5 Å². The number of aryl methyl sites for hydroxylation is 1. The molecule has 0 aromatic carbocycles. The Hall–Kier alpha value is -1.49. The van der Waals surface area contributed by atoms with Crippen LogP contribution in [-0.4, -0.2) is 21.5 Å². The molecular formula is C14H17BrN4. The first-order valence-corrected chi connectivity index (χ1v) is 7.26. The van der Waals surface area contributed by atoms with Crippen LogP contribution in [0.2, 0.25) is 0 Å². The third kappa shape index (κ3) is 3.50. The van der Waals surface area contributed by atoms with Crippen molar-refractivity contribution >= 4 is 21.7 Å². The maximum absolute atomic E-state index is 4.59. The lowest BCUT2D eigenvalue weighted by Crippen LogP contribution is -2.05. The van der Waals surface area contributed by atoms with Gasteiger partial charge >= 0.3 is 0 Å². The average molecular weight is 321 g/mol. The van der Waals surface area contributed by atoms with Gasteiger partial charge in [-0.15, -0.1) is 0 Å². The zero-order valence-corrected chi connectivity index (χ0v) is 12.7. The lowest BCUT2D eigenvalue weighted by molar-refractivity contribution is 0.873. The van der Waals surface area contributed by atoms with Crippen molar-refractivity contribution in [2.24, 2.45) is 0 Å². The van der Waals surface area contributed by atoms with Gasteiger partial charge in [0.15, 0.2) is 5.82 Å². The predicted octanol–water partition coefficient (Wildman–Crippen LogP) is 3.69. The number of anilines is 1. The number of nitrogens with zero attached hydrogens (tertiary/aromatic N) is 3. The van der Waals surface area contributed by atoms with Crippen LogP contribution in [0.5, 0.6) is 0 Å². The van der Waals surface area contributed by atoms with Gasteiger partial charge in [-0.2, -0.15) is 0 Å². The fraction of sp³-hybridized carbons (Fsp3) is 0.357. The monoisotopic (exact) mass is 320 g/mol. The van der Waals surface area contributed by atoms with Crippen LogP contribution in [0.3, 0.4) is 0 Å². The van der Waals surface area contributed by atoms with E-state index in [0.29, 0.717) is 5.82 Å². The summed E-state index contributed by atoms with van der Waals surface area (Å²) in [7, 11) is 0. The molecular weight excluding hydrogens is 304 g/mol. The minimum atomic E-state index is 0.661. The first kappa shape index (κ1) is 13.9. The van der Waals surface area contributed by atoms with E-state index in [4.69, 9.17) is 0 Å². The summed E-state index contributed by atoms with van der Waals surface area (Å²) in [6, 6.07) is 5.84. The van der Waals surface area contributed by atoms with E-state index in [1.165, 1.54) is 0 Å². The zero-order valence-electron chi connectivity index (χ0n) is 11.2. The minimum Gasteiger partial charge on any atom is -0.370 e. The Labute approximate surface area is 121 Å². The molecule has 0 aliphatic carbocycles. The van der Waals surface area contributed by atoms with Crippen LogP contribution in [0.25, 0.3) is 11.5 Å². The highest BCUT2D eigenvalue weighted by Crippen LogP contribution is 2.24. The second kappa shape index (κ2) is 6.61. The Bertz CT molecular complexity index is 533. The van der Waals surface area contributed by atoms with E-state index in [-0.39, 0.29) is 0 Å². The molecule has 0 radical (unpaired) electrons. The Balaban J connectivity index is 2.46. The van der Waals surface area contributed by atoms with Crippen molar-refractivity contribution in [2.45, 2.75) is 26.7 Å². The first-order chi connectivity index (χ1) is 9.24. The maximum atomic E-state index is 4.59. The number of nitrogens with one attached hydrogen (secondary N) is 1. The second-order valence-electron chi connectivity index (χ2n) is 4.18. The molecule has 19 heavy (non-hydrogen) atoms. The third-order valence-corrected chi connectivity index (χ3v) is 3.25.